The Labute approximate surface area is 96.4 Å². The summed E-state index contributed by atoms with van der Waals surface area (Å²) in [6.07, 6.45) is 2.55. The summed E-state index contributed by atoms with van der Waals surface area (Å²) in [6, 6.07) is 0.137. The van der Waals surface area contributed by atoms with Gasteiger partial charge in [0.25, 0.3) is 0 Å². The van der Waals surface area contributed by atoms with Gasteiger partial charge in [-0.15, -0.1) is 0 Å². The monoisotopic (exact) mass is 227 g/mol. The van der Waals surface area contributed by atoms with Gasteiger partial charge in [-0.1, -0.05) is 20.3 Å². The minimum absolute atomic E-state index is 0.0943. The fourth-order valence-electron chi connectivity index (χ4n) is 1.94. The highest BCUT2D eigenvalue weighted by Crippen LogP contribution is 2.38. The third-order valence-corrected chi connectivity index (χ3v) is 3.29. The molecule has 16 heavy (non-hydrogen) atoms. The third kappa shape index (κ3) is 3.51. The predicted octanol–water partition coefficient (Wildman–Crippen LogP) is 1.65. The minimum Gasteiger partial charge on any atom is -0.481 e. The second kappa shape index (κ2) is 5.32. The van der Waals surface area contributed by atoms with Crippen LogP contribution < -0.4 is 5.32 Å². The summed E-state index contributed by atoms with van der Waals surface area (Å²) in [5.74, 6) is -1.10. The number of hydrogen-bond acceptors (Lipinski definition) is 2. The largest absolute Gasteiger partial charge is 0.481 e. The van der Waals surface area contributed by atoms with Crippen LogP contribution in [0.15, 0.2) is 0 Å². The van der Waals surface area contributed by atoms with Crippen LogP contribution in [-0.4, -0.2) is 23.0 Å². The average molecular weight is 227 g/mol. The second-order valence-electron chi connectivity index (χ2n) is 4.95. The van der Waals surface area contributed by atoms with Gasteiger partial charge in [0.05, 0.1) is 11.8 Å². The van der Waals surface area contributed by atoms with E-state index in [1.54, 1.807) is 0 Å². The molecular weight excluding hydrogens is 206 g/mol. The predicted molar refractivity (Wildman–Crippen MR) is 60.9 cm³/mol. The number of hydrogen-bond donors (Lipinski definition) is 2. The van der Waals surface area contributed by atoms with Gasteiger partial charge in [0.15, 0.2) is 0 Å². The molecule has 92 valence electrons. The van der Waals surface area contributed by atoms with E-state index in [9.17, 15) is 9.59 Å². The van der Waals surface area contributed by atoms with Gasteiger partial charge >= 0.3 is 5.97 Å². The number of carboxylic acid groups (broad SMARTS) is 1. The Morgan fingerprint density at radius 1 is 1.38 bits per heavy atom. The summed E-state index contributed by atoms with van der Waals surface area (Å²) in [4.78, 5) is 22.2. The number of aliphatic carboxylic acids is 1. The minimum atomic E-state index is -0.852. The molecule has 0 aromatic rings. The van der Waals surface area contributed by atoms with Gasteiger partial charge in [0.1, 0.15) is 0 Å². The fourth-order valence-corrected chi connectivity index (χ4v) is 1.94. The van der Waals surface area contributed by atoms with Crippen LogP contribution in [0.5, 0.6) is 0 Å². The van der Waals surface area contributed by atoms with Gasteiger partial charge in [-0.2, -0.15) is 0 Å². The van der Waals surface area contributed by atoms with E-state index in [1.807, 2.05) is 6.92 Å². The van der Waals surface area contributed by atoms with E-state index in [-0.39, 0.29) is 17.9 Å². The zero-order valence-electron chi connectivity index (χ0n) is 10.2. The maximum Gasteiger partial charge on any atom is 0.307 e. The van der Waals surface area contributed by atoms with Crippen molar-refractivity contribution in [3.8, 4) is 0 Å². The SMILES string of the molecule is CCC(C)CC(C)NC(=O)C1CC1C(=O)O. The zero-order valence-corrected chi connectivity index (χ0v) is 10.2. The van der Waals surface area contributed by atoms with E-state index in [2.05, 4.69) is 19.2 Å². The van der Waals surface area contributed by atoms with Crippen LogP contribution in [0.3, 0.4) is 0 Å². The van der Waals surface area contributed by atoms with Gasteiger partial charge in [-0.05, 0) is 25.7 Å². The number of carbonyl (C=O) groups is 2. The molecule has 1 fully saturated rings. The molecule has 0 bridgehead atoms. The van der Waals surface area contributed by atoms with Crippen LogP contribution in [0.25, 0.3) is 0 Å². The smallest absolute Gasteiger partial charge is 0.307 e. The Hall–Kier alpha value is -1.06. The summed E-state index contributed by atoms with van der Waals surface area (Å²) in [5, 5.41) is 11.6. The van der Waals surface area contributed by atoms with Gasteiger partial charge in [0, 0.05) is 6.04 Å². The Morgan fingerprint density at radius 2 is 2.00 bits per heavy atom. The highest BCUT2D eigenvalue weighted by atomic mass is 16.4. The molecule has 4 nitrogen and oxygen atoms in total. The van der Waals surface area contributed by atoms with Crippen molar-refractivity contribution in [1.29, 1.82) is 0 Å². The second-order valence-corrected chi connectivity index (χ2v) is 4.95. The van der Waals surface area contributed by atoms with Gasteiger partial charge in [0.2, 0.25) is 5.91 Å². The van der Waals surface area contributed by atoms with Crippen molar-refractivity contribution in [3.05, 3.63) is 0 Å². The molecule has 0 aromatic heterocycles. The Kier molecular flexibility index (Phi) is 4.33. The van der Waals surface area contributed by atoms with Gasteiger partial charge in [-0.25, -0.2) is 0 Å². The van der Waals surface area contributed by atoms with Crippen LogP contribution in [-0.2, 0) is 9.59 Å². The zero-order chi connectivity index (χ0) is 12.3. The summed E-state index contributed by atoms with van der Waals surface area (Å²) in [7, 11) is 0. The molecule has 1 amide bonds. The summed E-state index contributed by atoms with van der Waals surface area (Å²) >= 11 is 0. The molecule has 1 saturated carbocycles. The van der Waals surface area contributed by atoms with E-state index < -0.39 is 11.9 Å². The number of amides is 1. The number of carboxylic acids is 1. The maximum atomic E-state index is 11.6. The van der Waals surface area contributed by atoms with Crippen molar-refractivity contribution < 1.29 is 14.7 Å². The lowest BCUT2D eigenvalue weighted by Gasteiger charge is -2.17. The highest BCUT2D eigenvalue weighted by Gasteiger charge is 2.48. The molecule has 2 N–H and O–H groups in total. The van der Waals surface area contributed by atoms with E-state index in [4.69, 9.17) is 5.11 Å². The number of rotatable bonds is 6. The lowest BCUT2D eigenvalue weighted by molar-refractivity contribution is -0.140. The van der Waals surface area contributed by atoms with Crippen LogP contribution in [0.2, 0.25) is 0 Å². The van der Waals surface area contributed by atoms with Crippen LogP contribution >= 0.6 is 0 Å². The lowest BCUT2D eigenvalue weighted by atomic mass is 10.0. The highest BCUT2D eigenvalue weighted by molar-refractivity contribution is 5.89. The summed E-state index contributed by atoms with van der Waals surface area (Å²) in [5.41, 5.74) is 0. The molecule has 4 heteroatoms. The molecule has 0 saturated heterocycles. The number of carbonyl (C=O) groups excluding carboxylic acids is 1. The maximum absolute atomic E-state index is 11.6. The van der Waals surface area contributed by atoms with Gasteiger partial charge < -0.3 is 10.4 Å². The van der Waals surface area contributed by atoms with Crippen molar-refractivity contribution in [2.45, 2.75) is 46.1 Å². The van der Waals surface area contributed by atoms with E-state index in [0.717, 1.165) is 12.8 Å². The first kappa shape index (κ1) is 13.0. The first-order chi connectivity index (χ1) is 7.45. The topological polar surface area (TPSA) is 66.4 Å². The standard InChI is InChI=1S/C12H21NO3/c1-4-7(2)5-8(3)13-11(14)9-6-10(9)12(15)16/h7-10H,4-6H2,1-3H3,(H,13,14)(H,15,16). The van der Waals surface area contributed by atoms with E-state index in [1.165, 1.54) is 0 Å². The molecule has 0 radical (unpaired) electrons. The molecule has 0 aliphatic heterocycles. The molecule has 1 rings (SSSR count). The van der Waals surface area contributed by atoms with Crippen molar-refractivity contribution in [3.63, 3.8) is 0 Å². The van der Waals surface area contributed by atoms with Crippen LogP contribution in [0, 0.1) is 17.8 Å². The quantitative estimate of drug-likeness (QED) is 0.725. The van der Waals surface area contributed by atoms with Crippen molar-refractivity contribution in [2.75, 3.05) is 0 Å². The summed E-state index contributed by atoms with van der Waals surface area (Å²) < 4.78 is 0. The molecule has 1 aliphatic carbocycles. The molecule has 4 atom stereocenters. The van der Waals surface area contributed by atoms with Gasteiger partial charge in [-0.3, -0.25) is 9.59 Å². The molecule has 1 aliphatic rings. The molecule has 0 aromatic carbocycles. The molecule has 0 heterocycles. The molecular formula is C12H21NO3. The lowest BCUT2D eigenvalue weighted by Crippen LogP contribution is -2.35. The van der Waals surface area contributed by atoms with Crippen LogP contribution in [0.1, 0.15) is 40.0 Å². The summed E-state index contributed by atoms with van der Waals surface area (Å²) in [6.45, 7) is 6.25. The molecule has 0 spiro atoms. The molecule has 4 unspecified atom stereocenters. The van der Waals surface area contributed by atoms with Crippen molar-refractivity contribution >= 4 is 11.9 Å². The van der Waals surface area contributed by atoms with E-state index in [0.29, 0.717) is 12.3 Å². The van der Waals surface area contributed by atoms with Crippen molar-refractivity contribution in [1.82, 2.24) is 5.32 Å². The Balaban J connectivity index is 2.27. The Bertz CT molecular complexity index is 277. The number of nitrogens with one attached hydrogen (secondary N) is 1. The first-order valence-corrected chi connectivity index (χ1v) is 5.98. The fraction of sp³-hybridized carbons (Fsp3) is 0.833. The normalized spacial score (nSPS) is 26.9. The van der Waals surface area contributed by atoms with Crippen molar-refractivity contribution in [2.24, 2.45) is 17.8 Å². The Morgan fingerprint density at radius 3 is 2.44 bits per heavy atom. The average Bonchev–Trinajstić information content (AvgIpc) is 2.96. The third-order valence-electron chi connectivity index (χ3n) is 3.29. The van der Waals surface area contributed by atoms with E-state index >= 15 is 0 Å². The first-order valence-electron chi connectivity index (χ1n) is 5.98. The van der Waals surface area contributed by atoms with Crippen LogP contribution in [0.4, 0.5) is 0 Å².